The zero-order chi connectivity index (χ0) is 12.8. The third-order valence-electron chi connectivity index (χ3n) is 2.65. The van der Waals surface area contributed by atoms with Crippen LogP contribution >= 0.6 is 11.6 Å². The van der Waals surface area contributed by atoms with E-state index in [2.05, 4.69) is 6.08 Å². The number of rotatable bonds is 5. The SMILES string of the molecule is COc1cc(C)c(OC)c(C/C=C(\C)CCl)c1. The maximum Gasteiger partial charge on any atom is 0.125 e. The molecule has 0 radical (unpaired) electrons. The van der Waals surface area contributed by atoms with E-state index in [1.807, 2.05) is 26.0 Å². The Morgan fingerprint density at radius 3 is 2.53 bits per heavy atom. The van der Waals surface area contributed by atoms with E-state index in [9.17, 15) is 0 Å². The predicted octanol–water partition coefficient (Wildman–Crippen LogP) is 3.74. The van der Waals surface area contributed by atoms with Gasteiger partial charge in [0.05, 0.1) is 14.2 Å². The van der Waals surface area contributed by atoms with Gasteiger partial charge in [-0.15, -0.1) is 11.6 Å². The molecule has 0 unspecified atom stereocenters. The number of aryl methyl sites for hydroxylation is 1. The van der Waals surface area contributed by atoms with Crippen molar-refractivity contribution in [3.05, 3.63) is 34.9 Å². The van der Waals surface area contributed by atoms with E-state index in [1.54, 1.807) is 14.2 Å². The third-order valence-corrected chi connectivity index (χ3v) is 3.07. The van der Waals surface area contributed by atoms with Crippen LogP contribution in [0.15, 0.2) is 23.8 Å². The summed E-state index contributed by atoms with van der Waals surface area (Å²) in [6.45, 7) is 4.04. The van der Waals surface area contributed by atoms with E-state index in [0.717, 1.165) is 34.6 Å². The van der Waals surface area contributed by atoms with Crippen molar-refractivity contribution in [1.82, 2.24) is 0 Å². The fourth-order valence-electron chi connectivity index (χ4n) is 1.71. The first-order valence-corrected chi connectivity index (χ1v) is 6.09. The molecule has 0 saturated heterocycles. The Bertz CT molecular complexity index is 411. The van der Waals surface area contributed by atoms with Crippen LogP contribution in [0, 0.1) is 6.92 Å². The van der Waals surface area contributed by atoms with Crippen molar-refractivity contribution in [1.29, 1.82) is 0 Å². The molecule has 0 aliphatic rings. The predicted molar refractivity (Wildman–Crippen MR) is 72.5 cm³/mol. The number of hydrogen-bond donors (Lipinski definition) is 0. The molecule has 0 heterocycles. The van der Waals surface area contributed by atoms with Crippen molar-refractivity contribution in [3.63, 3.8) is 0 Å². The van der Waals surface area contributed by atoms with Crippen LogP contribution < -0.4 is 9.47 Å². The highest BCUT2D eigenvalue weighted by atomic mass is 35.5. The number of alkyl halides is 1. The quantitative estimate of drug-likeness (QED) is 0.589. The molecular formula is C14H19ClO2. The second-order valence-electron chi connectivity index (χ2n) is 4.02. The Balaban J connectivity index is 3.07. The van der Waals surface area contributed by atoms with Crippen molar-refractivity contribution in [3.8, 4) is 11.5 Å². The van der Waals surface area contributed by atoms with Gasteiger partial charge in [-0.05, 0) is 38.0 Å². The minimum Gasteiger partial charge on any atom is -0.497 e. The summed E-state index contributed by atoms with van der Waals surface area (Å²) in [7, 11) is 3.36. The lowest BCUT2D eigenvalue weighted by Crippen LogP contribution is -1.96. The van der Waals surface area contributed by atoms with Gasteiger partial charge >= 0.3 is 0 Å². The van der Waals surface area contributed by atoms with Gasteiger partial charge in [0.1, 0.15) is 11.5 Å². The van der Waals surface area contributed by atoms with E-state index in [0.29, 0.717) is 5.88 Å². The fraction of sp³-hybridized carbons (Fsp3) is 0.429. The standard InChI is InChI=1S/C14H19ClO2/c1-10(9-15)5-6-12-8-13(16-3)7-11(2)14(12)17-4/h5,7-8H,6,9H2,1-4H3/b10-5+. The Labute approximate surface area is 108 Å². The van der Waals surface area contributed by atoms with Crippen LogP contribution in [0.1, 0.15) is 18.1 Å². The average Bonchev–Trinajstić information content (AvgIpc) is 2.35. The summed E-state index contributed by atoms with van der Waals surface area (Å²) in [5, 5.41) is 0. The largest absolute Gasteiger partial charge is 0.497 e. The molecule has 94 valence electrons. The highest BCUT2D eigenvalue weighted by Crippen LogP contribution is 2.29. The Morgan fingerprint density at radius 2 is 2.00 bits per heavy atom. The Kier molecular flexibility index (Phi) is 5.36. The van der Waals surface area contributed by atoms with E-state index < -0.39 is 0 Å². The van der Waals surface area contributed by atoms with Gasteiger partial charge in [0, 0.05) is 11.4 Å². The summed E-state index contributed by atoms with van der Waals surface area (Å²) in [5.41, 5.74) is 3.36. The number of ether oxygens (including phenoxy) is 2. The molecule has 0 amide bonds. The molecule has 0 aliphatic heterocycles. The van der Waals surface area contributed by atoms with Crippen molar-refractivity contribution in [2.75, 3.05) is 20.1 Å². The second kappa shape index (κ2) is 6.55. The average molecular weight is 255 g/mol. The van der Waals surface area contributed by atoms with Crippen LogP contribution in [-0.2, 0) is 6.42 Å². The molecule has 0 aliphatic carbocycles. The maximum absolute atomic E-state index is 5.76. The first-order valence-electron chi connectivity index (χ1n) is 5.55. The molecule has 0 spiro atoms. The molecule has 1 aromatic carbocycles. The van der Waals surface area contributed by atoms with Gasteiger partial charge in [-0.25, -0.2) is 0 Å². The van der Waals surface area contributed by atoms with Crippen LogP contribution in [0.4, 0.5) is 0 Å². The third kappa shape index (κ3) is 3.67. The van der Waals surface area contributed by atoms with Gasteiger partial charge in [0.2, 0.25) is 0 Å². The molecule has 0 saturated carbocycles. The highest BCUT2D eigenvalue weighted by molar-refractivity contribution is 6.19. The first-order chi connectivity index (χ1) is 8.12. The monoisotopic (exact) mass is 254 g/mol. The molecule has 1 rings (SSSR count). The van der Waals surface area contributed by atoms with Gasteiger partial charge < -0.3 is 9.47 Å². The van der Waals surface area contributed by atoms with Crippen molar-refractivity contribution in [2.24, 2.45) is 0 Å². The maximum atomic E-state index is 5.76. The zero-order valence-electron chi connectivity index (χ0n) is 10.8. The fourth-order valence-corrected chi connectivity index (χ4v) is 1.82. The summed E-state index contributed by atoms with van der Waals surface area (Å²) in [5.74, 6) is 2.34. The lowest BCUT2D eigenvalue weighted by Gasteiger charge is -2.12. The molecule has 3 heteroatoms. The van der Waals surface area contributed by atoms with Crippen molar-refractivity contribution in [2.45, 2.75) is 20.3 Å². The molecule has 17 heavy (non-hydrogen) atoms. The number of hydrogen-bond acceptors (Lipinski definition) is 2. The van der Waals surface area contributed by atoms with E-state index in [-0.39, 0.29) is 0 Å². The minimum absolute atomic E-state index is 0.561. The highest BCUT2D eigenvalue weighted by Gasteiger charge is 2.08. The molecule has 1 aromatic rings. The molecule has 0 N–H and O–H groups in total. The summed E-state index contributed by atoms with van der Waals surface area (Å²) in [6.07, 6.45) is 2.92. The smallest absolute Gasteiger partial charge is 0.125 e. The van der Waals surface area contributed by atoms with Gasteiger partial charge in [0.15, 0.2) is 0 Å². The lowest BCUT2D eigenvalue weighted by atomic mass is 10.0. The van der Waals surface area contributed by atoms with Crippen LogP contribution in [0.3, 0.4) is 0 Å². The van der Waals surface area contributed by atoms with E-state index in [1.165, 1.54) is 0 Å². The van der Waals surface area contributed by atoms with Crippen molar-refractivity contribution < 1.29 is 9.47 Å². The van der Waals surface area contributed by atoms with Crippen LogP contribution in [-0.4, -0.2) is 20.1 Å². The van der Waals surface area contributed by atoms with E-state index in [4.69, 9.17) is 21.1 Å². The molecule has 2 nitrogen and oxygen atoms in total. The summed E-state index contributed by atoms with van der Waals surface area (Å²) in [6, 6.07) is 3.98. The Morgan fingerprint density at radius 1 is 1.29 bits per heavy atom. The Hall–Kier alpha value is -1.15. The number of halogens is 1. The topological polar surface area (TPSA) is 18.5 Å². The summed E-state index contributed by atoms with van der Waals surface area (Å²) >= 11 is 5.76. The molecule has 0 fully saturated rings. The molecule has 0 bridgehead atoms. The summed E-state index contributed by atoms with van der Waals surface area (Å²) in [4.78, 5) is 0. The van der Waals surface area contributed by atoms with E-state index >= 15 is 0 Å². The summed E-state index contributed by atoms with van der Waals surface area (Å²) < 4.78 is 10.7. The van der Waals surface area contributed by atoms with Crippen LogP contribution in [0.5, 0.6) is 11.5 Å². The van der Waals surface area contributed by atoms with Gasteiger partial charge in [-0.1, -0.05) is 11.6 Å². The number of methoxy groups -OCH3 is 2. The van der Waals surface area contributed by atoms with Gasteiger partial charge in [-0.2, -0.15) is 0 Å². The van der Waals surface area contributed by atoms with Gasteiger partial charge in [0.25, 0.3) is 0 Å². The van der Waals surface area contributed by atoms with Gasteiger partial charge in [-0.3, -0.25) is 0 Å². The molecule has 0 aromatic heterocycles. The minimum atomic E-state index is 0.561. The van der Waals surface area contributed by atoms with Crippen LogP contribution in [0.25, 0.3) is 0 Å². The number of allylic oxidation sites excluding steroid dienone is 2. The first kappa shape index (κ1) is 13.9. The van der Waals surface area contributed by atoms with Crippen molar-refractivity contribution >= 4 is 11.6 Å². The molecule has 0 atom stereocenters. The lowest BCUT2D eigenvalue weighted by molar-refractivity contribution is 0.397. The van der Waals surface area contributed by atoms with Crippen LogP contribution in [0.2, 0.25) is 0 Å². The molecular weight excluding hydrogens is 236 g/mol. The zero-order valence-corrected chi connectivity index (χ0v) is 11.6. The number of benzene rings is 1. The normalized spacial score (nSPS) is 11.5. The second-order valence-corrected chi connectivity index (χ2v) is 4.29.